The van der Waals surface area contributed by atoms with E-state index in [0.29, 0.717) is 26.2 Å². The molecule has 0 aromatic heterocycles. The van der Waals surface area contributed by atoms with Crippen LogP contribution in [0.1, 0.15) is 51.9 Å². The van der Waals surface area contributed by atoms with Crippen molar-refractivity contribution in [2.24, 2.45) is 0 Å². The minimum atomic E-state index is -3.32. The van der Waals surface area contributed by atoms with Gasteiger partial charge in [0.15, 0.2) is 0 Å². The quantitative estimate of drug-likeness (QED) is 0.675. The highest BCUT2D eigenvalue weighted by molar-refractivity contribution is 7.88. The highest BCUT2D eigenvalue weighted by atomic mass is 32.2. The summed E-state index contributed by atoms with van der Waals surface area (Å²) < 4.78 is 26.0. The number of rotatable bonds is 5. The Bertz CT molecular complexity index is 562. The second kappa shape index (κ2) is 8.98. The highest BCUT2D eigenvalue weighted by Crippen LogP contribution is 2.24. The summed E-state index contributed by atoms with van der Waals surface area (Å²) in [6.45, 7) is 3.96. The lowest BCUT2D eigenvalue weighted by Gasteiger charge is -2.35. The summed E-state index contributed by atoms with van der Waals surface area (Å²) >= 11 is 0. The van der Waals surface area contributed by atoms with Gasteiger partial charge in [-0.3, -0.25) is 9.59 Å². The molecule has 2 aliphatic rings. The molecule has 1 aliphatic carbocycles. The van der Waals surface area contributed by atoms with Crippen LogP contribution < -0.4 is 0 Å². The van der Waals surface area contributed by atoms with E-state index in [1.165, 1.54) is 13.2 Å². The molecular weight excluding hydrogens is 342 g/mol. The third-order valence-corrected chi connectivity index (χ3v) is 6.61. The highest BCUT2D eigenvalue weighted by Gasteiger charge is 2.29. The Hall–Kier alpha value is -1.15. The van der Waals surface area contributed by atoms with Gasteiger partial charge in [0.1, 0.15) is 0 Å². The van der Waals surface area contributed by atoms with Gasteiger partial charge in [-0.05, 0) is 12.8 Å². The number of carbonyl (C=O) groups is 2. The number of sulfonamides is 1. The van der Waals surface area contributed by atoms with E-state index >= 15 is 0 Å². The number of hydrogen-bond donors (Lipinski definition) is 0. The zero-order valence-electron chi connectivity index (χ0n) is 15.4. The maximum absolute atomic E-state index is 12.5. The van der Waals surface area contributed by atoms with Crippen LogP contribution in [0.25, 0.3) is 0 Å². The lowest BCUT2D eigenvalue weighted by Crippen LogP contribution is -2.50. The molecular formula is C17H31N3O4S. The molecule has 0 aromatic rings. The lowest BCUT2D eigenvalue weighted by molar-refractivity contribution is -0.138. The maximum Gasteiger partial charge on any atom is 0.224 e. The van der Waals surface area contributed by atoms with Crippen molar-refractivity contribution in [2.75, 3.05) is 39.0 Å². The van der Waals surface area contributed by atoms with Gasteiger partial charge >= 0.3 is 0 Å². The molecule has 7 nitrogen and oxygen atoms in total. The summed E-state index contributed by atoms with van der Waals surface area (Å²) in [7, 11) is -3.32. The molecule has 1 saturated carbocycles. The standard InChI is InChI=1S/C17H31N3O4S/c1-15(21)18-11-13-19(14-12-18)17(22)9-10-20(25(2,23)24)16-7-5-3-4-6-8-16/h16H,3-14H2,1-2H3. The summed E-state index contributed by atoms with van der Waals surface area (Å²) in [6, 6.07) is 0.0276. The molecule has 144 valence electrons. The Morgan fingerprint density at radius 2 is 1.48 bits per heavy atom. The van der Waals surface area contributed by atoms with Crippen LogP contribution in [0.5, 0.6) is 0 Å². The first-order valence-corrected chi connectivity index (χ1v) is 11.1. The molecule has 8 heteroatoms. The van der Waals surface area contributed by atoms with Crippen LogP contribution in [-0.2, 0) is 19.6 Å². The molecule has 0 radical (unpaired) electrons. The fourth-order valence-corrected chi connectivity index (χ4v) is 4.98. The molecule has 0 N–H and O–H groups in total. The number of nitrogens with zero attached hydrogens (tertiary/aromatic N) is 3. The van der Waals surface area contributed by atoms with Gasteiger partial charge < -0.3 is 9.80 Å². The topological polar surface area (TPSA) is 78.0 Å². The zero-order chi connectivity index (χ0) is 18.4. The fourth-order valence-electron chi connectivity index (χ4n) is 3.80. The average molecular weight is 374 g/mol. The SMILES string of the molecule is CC(=O)N1CCN(C(=O)CCN(C2CCCCCC2)S(C)(=O)=O)CC1. The summed E-state index contributed by atoms with van der Waals surface area (Å²) in [5, 5.41) is 0. The number of hydrogen-bond acceptors (Lipinski definition) is 4. The number of amides is 2. The lowest BCUT2D eigenvalue weighted by atomic mass is 10.1. The van der Waals surface area contributed by atoms with Crippen LogP contribution in [-0.4, -0.2) is 79.4 Å². The Kier molecular flexibility index (Phi) is 7.25. The molecule has 2 fully saturated rings. The molecule has 2 rings (SSSR count). The van der Waals surface area contributed by atoms with E-state index in [1.807, 2.05) is 0 Å². The van der Waals surface area contributed by atoms with Crippen molar-refractivity contribution in [3.8, 4) is 0 Å². The van der Waals surface area contributed by atoms with Crippen LogP contribution in [0.15, 0.2) is 0 Å². The molecule has 1 aliphatic heterocycles. The fraction of sp³-hybridized carbons (Fsp3) is 0.882. The van der Waals surface area contributed by atoms with Crippen LogP contribution >= 0.6 is 0 Å². The minimum absolute atomic E-state index is 0.0227. The summed E-state index contributed by atoms with van der Waals surface area (Å²) in [5.74, 6) is 0.00851. The predicted octanol–water partition coefficient (Wildman–Crippen LogP) is 1.05. The van der Waals surface area contributed by atoms with Crippen molar-refractivity contribution in [3.63, 3.8) is 0 Å². The van der Waals surface area contributed by atoms with Crippen molar-refractivity contribution < 1.29 is 18.0 Å². The summed E-state index contributed by atoms with van der Waals surface area (Å²) in [5.41, 5.74) is 0. The molecule has 1 heterocycles. The van der Waals surface area contributed by atoms with Crippen molar-refractivity contribution >= 4 is 21.8 Å². The maximum atomic E-state index is 12.5. The molecule has 0 spiro atoms. The van der Waals surface area contributed by atoms with Gasteiger partial charge in [-0.15, -0.1) is 0 Å². The van der Waals surface area contributed by atoms with E-state index in [2.05, 4.69) is 0 Å². The van der Waals surface area contributed by atoms with Gasteiger partial charge in [0, 0.05) is 52.1 Å². The van der Waals surface area contributed by atoms with E-state index < -0.39 is 10.0 Å². The molecule has 0 unspecified atom stereocenters. The average Bonchev–Trinajstić information content (AvgIpc) is 2.83. The first-order chi connectivity index (χ1) is 11.8. The van der Waals surface area contributed by atoms with Gasteiger partial charge in [-0.1, -0.05) is 25.7 Å². The molecule has 25 heavy (non-hydrogen) atoms. The van der Waals surface area contributed by atoms with Crippen LogP contribution in [0.2, 0.25) is 0 Å². The first-order valence-electron chi connectivity index (χ1n) is 9.29. The zero-order valence-corrected chi connectivity index (χ0v) is 16.3. The number of carbonyl (C=O) groups excluding carboxylic acids is 2. The van der Waals surface area contributed by atoms with Crippen LogP contribution in [0.4, 0.5) is 0 Å². The minimum Gasteiger partial charge on any atom is -0.339 e. The monoisotopic (exact) mass is 373 g/mol. The number of piperazine rings is 1. The van der Waals surface area contributed by atoms with Crippen molar-refractivity contribution in [3.05, 3.63) is 0 Å². The molecule has 0 bridgehead atoms. The van der Waals surface area contributed by atoms with Gasteiger partial charge in [-0.25, -0.2) is 8.42 Å². The van der Waals surface area contributed by atoms with Gasteiger partial charge in [0.05, 0.1) is 6.26 Å². The van der Waals surface area contributed by atoms with Crippen LogP contribution in [0, 0.1) is 0 Å². The largest absolute Gasteiger partial charge is 0.339 e. The Balaban J connectivity index is 1.89. The van der Waals surface area contributed by atoms with E-state index in [4.69, 9.17) is 0 Å². The first kappa shape index (κ1) is 20.2. The van der Waals surface area contributed by atoms with Crippen molar-refractivity contribution in [1.82, 2.24) is 14.1 Å². The van der Waals surface area contributed by atoms with Crippen molar-refractivity contribution in [1.29, 1.82) is 0 Å². The van der Waals surface area contributed by atoms with Crippen molar-refractivity contribution in [2.45, 2.75) is 57.9 Å². The van der Waals surface area contributed by atoms with E-state index in [-0.39, 0.29) is 30.8 Å². The smallest absolute Gasteiger partial charge is 0.224 e. The van der Waals surface area contributed by atoms with Gasteiger partial charge in [0.2, 0.25) is 21.8 Å². The van der Waals surface area contributed by atoms with Crippen LogP contribution in [0.3, 0.4) is 0 Å². The second-order valence-corrected chi connectivity index (χ2v) is 9.09. The molecule has 0 aromatic carbocycles. The molecule has 2 amide bonds. The predicted molar refractivity (Wildman–Crippen MR) is 96.5 cm³/mol. The molecule has 0 atom stereocenters. The Labute approximate surface area is 151 Å². The van der Waals surface area contributed by atoms with Gasteiger partial charge in [-0.2, -0.15) is 4.31 Å². The Morgan fingerprint density at radius 1 is 0.960 bits per heavy atom. The van der Waals surface area contributed by atoms with E-state index in [9.17, 15) is 18.0 Å². The third-order valence-electron chi connectivity index (χ3n) is 5.28. The second-order valence-electron chi connectivity index (χ2n) is 7.16. The normalized spacial score (nSPS) is 20.6. The van der Waals surface area contributed by atoms with E-state index in [1.54, 1.807) is 14.1 Å². The Morgan fingerprint density at radius 3 is 1.96 bits per heavy atom. The van der Waals surface area contributed by atoms with E-state index in [0.717, 1.165) is 38.5 Å². The van der Waals surface area contributed by atoms with Gasteiger partial charge in [0.25, 0.3) is 0 Å². The molecule has 1 saturated heterocycles. The summed E-state index contributed by atoms with van der Waals surface area (Å²) in [6.07, 6.45) is 7.66. The summed E-state index contributed by atoms with van der Waals surface area (Å²) in [4.78, 5) is 27.3. The third kappa shape index (κ3) is 5.95.